The molecule has 0 unspecified atom stereocenters. The average Bonchev–Trinajstić information content (AvgIpc) is 2.86. The molecule has 4 aromatic rings. The van der Waals surface area contributed by atoms with Crippen LogP contribution in [-0.2, 0) is 6.61 Å². The van der Waals surface area contributed by atoms with Crippen molar-refractivity contribution in [3.63, 3.8) is 0 Å². The lowest BCUT2D eigenvalue weighted by atomic mass is 9.80. The summed E-state index contributed by atoms with van der Waals surface area (Å²) in [6.07, 6.45) is 0. The topological polar surface area (TPSA) is 60.4 Å². The van der Waals surface area contributed by atoms with Crippen LogP contribution in [0.2, 0.25) is 0 Å². The van der Waals surface area contributed by atoms with Crippen molar-refractivity contribution < 1.29 is 19.1 Å². The zero-order valence-electron chi connectivity index (χ0n) is 17.1. The lowest BCUT2D eigenvalue weighted by Crippen LogP contribution is -2.25. The molecule has 0 atom stereocenters. The van der Waals surface area contributed by atoms with Crippen LogP contribution in [0, 0.1) is 0 Å². The van der Waals surface area contributed by atoms with Crippen molar-refractivity contribution >= 4 is 17.3 Å². The highest BCUT2D eigenvalue weighted by atomic mass is 16.5. The summed E-state index contributed by atoms with van der Waals surface area (Å²) in [6.45, 7) is 0.276. The van der Waals surface area contributed by atoms with Gasteiger partial charge in [0, 0.05) is 27.8 Å². The first-order valence-corrected chi connectivity index (χ1v) is 10.3. The number of carbonyl (C=O) groups excluding carboxylic acids is 3. The molecule has 1 aliphatic carbocycles. The van der Waals surface area contributed by atoms with Crippen LogP contribution in [0.3, 0.4) is 0 Å². The van der Waals surface area contributed by atoms with E-state index in [2.05, 4.69) is 0 Å². The lowest BCUT2D eigenvalue weighted by Gasteiger charge is -2.22. The molecule has 5 rings (SSSR count). The van der Waals surface area contributed by atoms with Crippen molar-refractivity contribution in [2.45, 2.75) is 6.61 Å². The molecule has 4 nitrogen and oxygen atoms in total. The summed E-state index contributed by atoms with van der Waals surface area (Å²) in [5, 5.41) is 0. The van der Waals surface area contributed by atoms with Gasteiger partial charge in [-0.05, 0) is 11.6 Å². The molecule has 0 N–H and O–H groups in total. The molecule has 0 radical (unpaired) electrons. The highest BCUT2D eigenvalue weighted by Gasteiger charge is 2.35. The van der Waals surface area contributed by atoms with E-state index in [0.29, 0.717) is 11.3 Å². The maximum Gasteiger partial charge on any atom is 0.198 e. The predicted molar refractivity (Wildman–Crippen MR) is 120 cm³/mol. The third-order valence-corrected chi connectivity index (χ3v) is 5.55. The Hall–Kier alpha value is -4.31. The van der Waals surface area contributed by atoms with Crippen LogP contribution < -0.4 is 4.74 Å². The number of carbonyl (C=O) groups is 3. The van der Waals surface area contributed by atoms with Crippen molar-refractivity contribution in [3.05, 3.63) is 136 Å². The van der Waals surface area contributed by atoms with Gasteiger partial charge in [-0.1, -0.05) is 91.0 Å². The summed E-state index contributed by atoms with van der Waals surface area (Å²) < 4.78 is 5.93. The molecule has 1 aliphatic rings. The Labute approximate surface area is 185 Å². The summed E-state index contributed by atoms with van der Waals surface area (Å²) in [4.78, 5) is 40.1. The first-order chi connectivity index (χ1) is 15.6. The minimum atomic E-state index is -0.348. The van der Waals surface area contributed by atoms with E-state index in [4.69, 9.17) is 4.74 Å². The van der Waals surface area contributed by atoms with Crippen molar-refractivity contribution in [1.82, 2.24) is 0 Å². The molecule has 0 amide bonds. The highest BCUT2D eigenvalue weighted by Crippen LogP contribution is 2.35. The molecule has 0 heterocycles. The maximum absolute atomic E-state index is 13.5. The van der Waals surface area contributed by atoms with E-state index < -0.39 is 0 Å². The van der Waals surface area contributed by atoms with Crippen molar-refractivity contribution in [1.29, 1.82) is 0 Å². The Morgan fingerprint density at radius 2 is 1.22 bits per heavy atom. The number of rotatable bonds is 5. The van der Waals surface area contributed by atoms with Gasteiger partial charge in [0.15, 0.2) is 17.3 Å². The Morgan fingerprint density at radius 3 is 1.94 bits per heavy atom. The van der Waals surface area contributed by atoms with Gasteiger partial charge in [-0.25, -0.2) is 0 Å². The summed E-state index contributed by atoms with van der Waals surface area (Å²) in [6, 6.07) is 28.2. The van der Waals surface area contributed by atoms with E-state index in [-0.39, 0.29) is 51.8 Å². The fourth-order valence-corrected chi connectivity index (χ4v) is 4.00. The van der Waals surface area contributed by atoms with Gasteiger partial charge in [-0.15, -0.1) is 0 Å². The molecule has 0 saturated carbocycles. The number of ether oxygens (including phenoxy) is 1. The summed E-state index contributed by atoms with van der Waals surface area (Å²) in [5.74, 6) is -0.598. The maximum atomic E-state index is 13.5. The normalized spacial score (nSPS) is 12.1. The number of benzene rings is 4. The minimum absolute atomic E-state index is 0.152. The van der Waals surface area contributed by atoms with Crippen LogP contribution in [0.25, 0.3) is 0 Å². The predicted octanol–water partition coefficient (Wildman–Crippen LogP) is 5.27. The molecule has 0 aliphatic heterocycles. The van der Waals surface area contributed by atoms with Gasteiger partial charge in [-0.3, -0.25) is 14.4 Å². The molecule has 0 spiro atoms. The second kappa shape index (κ2) is 8.08. The fourth-order valence-electron chi connectivity index (χ4n) is 4.00. The zero-order valence-corrected chi connectivity index (χ0v) is 17.1. The Kier molecular flexibility index (Phi) is 4.96. The Morgan fingerprint density at radius 1 is 0.625 bits per heavy atom. The SMILES string of the molecule is O=C(c1ccccc1)c1cccc2c1C(=O)c1cccc(OCc3ccccc3)c1C2=O. The average molecular weight is 418 g/mol. The van der Waals surface area contributed by atoms with E-state index in [1.54, 1.807) is 60.7 Å². The monoisotopic (exact) mass is 418 g/mol. The van der Waals surface area contributed by atoms with Gasteiger partial charge >= 0.3 is 0 Å². The molecule has 0 bridgehead atoms. The van der Waals surface area contributed by atoms with Crippen molar-refractivity contribution in [3.8, 4) is 5.75 Å². The molecular weight excluding hydrogens is 400 g/mol. The van der Waals surface area contributed by atoms with E-state index in [0.717, 1.165) is 5.56 Å². The zero-order chi connectivity index (χ0) is 22.1. The molecule has 32 heavy (non-hydrogen) atoms. The van der Waals surface area contributed by atoms with Crippen LogP contribution in [0.4, 0.5) is 0 Å². The molecule has 0 saturated heterocycles. The Balaban J connectivity index is 1.56. The van der Waals surface area contributed by atoms with Crippen molar-refractivity contribution in [2.24, 2.45) is 0 Å². The van der Waals surface area contributed by atoms with E-state index in [1.807, 2.05) is 36.4 Å². The standard InChI is InChI=1S/C28H18O4/c29-26(19-11-5-2-6-12-19)20-13-7-14-21-24(20)27(30)22-15-8-16-23(25(22)28(21)31)32-17-18-9-3-1-4-10-18/h1-16H,17H2. The van der Waals surface area contributed by atoms with Crippen LogP contribution >= 0.6 is 0 Å². The van der Waals surface area contributed by atoms with Crippen LogP contribution in [0.1, 0.15) is 53.3 Å². The van der Waals surface area contributed by atoms with Gasteiger partial charge < -0.3 is 4.74 Å². The number of ketones is 3. The minimum Gasteiger partial charge on any atom is -0.488 e. The van der Waals surface area contributed by atoms with Gasteiger partial charge in [0.25, 0.3) is 0 Å². The molecular formula is C28H18O4. The second-order valence-electron chi connectivity index (χ2n) is 7.53. The summed E-state index contributed by atoms with van der Waals surface area (Å²) >= 11 is 0. The van der Waals surface area contributed by atoms with E-state index >= 15 is 0 Å². The first kappa shape index (κ1) is 19.6. The van der Waals surface area contributed by atoms with Gasteiger partial charge in [0.2, 0.25) is 0 Å². The van der Waals surface area contributed by atoms with Crippen LogP contribution in [-0.4, -0.2) is 17.3 Å². The molecule has 0 aromatic heterocycles. The smallest absolute Gasteiger partial charge is 0.198 e. The highest BCUT2D eigenvalue weighted by molar-refractivity contribution is 6.32. The molecule has 154 valence electrons. The van der Waals surface area contributed by atoms with Crippen LogP contribution in [0.15, 0.2) is 97.1 Å². The second-order valence-corrected chi connectivity index (χ2v) is 7.53. The summed E-state index contributed by atoms with van der Waals surface area (Å²) in [5.41, 5.74) is 2.52. The van der Waals surface area contributed by atoms with E-state index in [1.165, 1.54) is 0 Å². The van der Waals surface area contributed by atoms with Gasteiger partial charge in [0.05, 0.1) is 5.56 Å². The van der Waals surface area contributed by atoms with Gasteiger partial charge in [-0.2, -0.15) is 0 Å². The third kappa shape index (κ3) is 3.32. The molecule has 4 aromatic carbocycles. The van der Waals surface area contributed by atoms with Crippen molar-refractivity contribution in [2.75, 3.05) is 0 Å². The number of hydrogen-bond donors (Lipinski definition) is 0. The lowest BCUT2D eigenvalue weighted by molar-refractivity contribution is 0.0968. The number of fused-ring (bicyclic) bond motifs is 2. The first-order valence-electron chi connectivity index (χ1n) is 10.3. The largest absolute Gasteiger partial charge is 0.488 e. The Bertz CT molecular complexity index is 1360. The third-order valence-electron chi connectivity index (χ3n) is 5.55. The van der Waals surface area contributed by atoms with E-state index in [9.17, 15) is 14.4 Å². The fraction of sp³-hybridized carbons (Fsp3) is 0.0357. The summed E-state index contributed by atoms with van der Waals surface area (Å²) in [7, 11) is 0. The van der Waals surface area contributed by atoms with Crippen LogP contribution in [0.5, 0.6) is 5.75 Å². The molecule has 4 heteroatoms. The quantitative estimate of drug-likeness (QED) is 0.365. The molecule has 0 fully saturated rings. The number of hydrogen-bond acceptors (Lipinski definition) is 4. The van der Waals surface area contributed by atoms with Gasteiger partial charge in [0.1, 0.15) is 12.4 Å².